The van der Waals surface area contributed by atoms with E-state index in [-0.39, 0.29) is 5.91 Å². The van der Waals surface area contributed by atoms with E-state index in [9.17, 15) is 4.79 Å². The van der Waals surface area contributed by atoms with E-state index < -0.39 is 0 Å². The first-order valence-corrected chi connectivity index (χ1v) is 6.77. The topological polar surface area (TPSA) is 46.3 Å². The summed E-state index contributed by atoms with van der Waals surface area (Å²) in [4.78, 5) is 14.0. The molecule has 18 heavy (non-hydrogen) atoms. The number of rotatable bonds is 3. The molecule has 0 bridgehead atoms. The highest BCUT2D eigenvalue weighted by atomic mass is 35.5. The molecule has 0 aliphatic carbocycles. The van der Waals surface area contributed by atoms with Gasteiger partial charge in [-0.3, -0.25) is 4.79 Å². The fourth-order valence-corrected chi connectivity index (χ4v) is 2.67. The molecular formula is C13H16Cl2N2O. The first kappa shape index (κ1) is 13.7. The van der Waals surface area contributed by atoms with Gasteiger partial charge >= 0.3 is 0 Å². The third-order valence-corrected chi connectivity index (χ3v) is 3.92. The Morgan fingerprint density at radius 1 is 1.44 bits per heavy atom. The first-order valence-electron chi connectivity index (χ1n) is 6.02. The van der Waals surface area contributed by atoms with Crippen LogP contribution >= 0.6 is 23.2 Å². The maximum atomic E-state index is 12.1. The summed E-state index contributed by atoms with van der Waals surface area (Å²) >= 11 is 11.9. The standard InChI is InChI=1S/C13H16Cl2N2O/c14-11-2-1-10(12(15)6-11)5-13(18)17-4-3-9(7-16)8-17/h1-2,6,9H,3-5,7-8,16H2/t9-/m1/s1. The van der Waals surface area contributed by atoms with E-state index >= 15 is 0 Å². The molecule has 1 heterocycles. The maximum absolute atomic E-state index is 12.1. The van der Waals surface area contributed by atoms with Crippen molar-refractivity contribution in [1.29, 1.82) is 0 Å². The zero-order valence-electron chi connectivity index (χ0n) is 10.0. The lowest BCUT2D eigenvalue weighted by Crippen LogP contribution is -2.31. The number of amides is 1. The van der Waals surface area contributed by atoms with Crippen molar-refractivity contribution in [2.24, 2.45) is 11.7 Å². The number of likely N-dealkylation sites (tertiary alicyclic amines) is 1. The highest BCUT2D eigenvalue weighted by molar-refractivity contribution is 6.35. The van der Waals surface area contributed by atoms with Gasteiger partial charge in [-0.2, -0.15) is 0 Å². The Hall–Kier alpha value is -0.770. The van der Waals surface area contributed by atoms with E-state index in [2.05, 4.69) is 0 Å². The Morgan fingerprint density at radius 2 is 2.22 bits per heavy atom. The molecular weight excluding hydrogens is 271 g/mol. The monoisotopic (exact) mass is 286 g/mol. The van der Waals surface area contributed by atoms with Crippen LogP contribution in [0.25, 0.3) is 0 Å². The van der Waals surface area contributed by atoms with Gasteiger partial charge in [0, 0.05) is 23.1 Å². The Morgan fingerprint density at radius 3 is 2.83 bits per heavy atom. The predicted octanol–water partition coefficient (Wildman–Crippen LogP) is 2.34. The van der Waals surface area contributed by atoms with Gasteiger partial charge in [-0.15, -0.1) is 0 Å². The maximum Gasteiger partial charge on any atom is 0.227 e. The van der Waals surface area contributed by atoms with Crippen LogP contribution in [0.1, 0.15) is 12.0 Å². The third kappa shape index (κ3) is 3.16. The van der Waals surface area contributed by atoms with Crippen LogP contribution in [0.5, 0.6) is 0 Å². The molecule has 1 aromatic rings. The average molecular weight is 287 g/mol. The second-order valence-electron chi connectivity index (χ2n) is 4.64. The summed E-state index contributed by atoms with van der Waals surface area (Å²) in [6.45, 7) is 2.21. The molecule has 5 heteroatoms. The quantitative estimate of drug-likeness (QED) is 0.927. The van der Waals surface area contributed by atoms with Gasteiger partial charge in [0.05, 0.1) is 6.42 Å². The highest BCUT2D eigenvalue weighted by Gasteiger charge is 2.25. The molecule has 0 saturated carbocycles. The van der Waals surface area contributed by atoms with Gasteiger partial charge in [0.2, 0.25) is 5.91 Å². The lowest BCUT2D eigenvalue weighted by molar-refractivity contribution is -0.129. The minimum Gasteiger partial charge on any atom is -0.342 e. The van der Waals surface area contributed by atoms with Crippen LogP contribution in [0.3, 0.4) is 0 Å². The molecule has 1 saturated heterocycles. The summed E-state index contributed by atoms with van der Waals surface area (Å²) in [6, 6.07) is 5.22. The summed E-state index contributed by atoms with van der Waals surface area (Å²) in [5.74, 6) is 0.546. The third-order valence-electron chi connectivity index (χ3n) is 3.33. The van der Waals surface area contributed by atoms with Crippen molar-refractivity contribution >= 4 is 29.1 Å². The molecule has 0 radical (unpaired) electrons. The molecule has 1 atom stereocenters. The number of benzene rings is 1. The van der Waals surface area contributed by atoms with E-state index in [0.717, 1.165) is 25.1 Å². The Bertz CT molecular complexity index is 451. The molecule has 0 aromatic heterocycles. The zero-order chi connectivity index (χ0) is 13.1. The van der Waals surface area contributed by atoms with Crippen LogP contribution < -0.4 is 5.73 Å². The number of carbonyl (C=O) groups is 1. The molecule has 1 fully saturated rings. The van der Waals surface area contributed by atoms with E-state index in [1.165, 1.54) is 0 Å². The minimum atomic E-state index is 0.107. The van der Waals surface area contributed by atoms with Crippen LogP contribution in [-0.2, 0) is 11.2 Å². The van der Waals surface area contributed by atoms with Crippen molar-refractivity contribution in [2.45, 2.75) is 12.8 Å². The summed E-state index contributed by atoms with van der Waals surface area (Å²) in [6.07, 6.45) is 1.32. The van der Waals surface area contributed by atoms with Crippen molar-refractivity contribution in [3.8, 4) is 0 Å². The van der Waals surface area contributed by atoms with E-state index in [4.69, 9.17) is 28.9 Å². The van der Waals surface area contributed by atoms with Gasteiger partial charge in [0.1, 0.15) is 0 Å². The van der Waals surface area contributed by atoms with Gasteiger partial charge in [-0.25, -0.2) is 0 Å². The lowest BCUT2D eigenvalue weighted by Gasteiger charge is -2.16. The van der Waals surface area contributed by atoms with Crippen molar-refractivity contribution in [2.75, 3.05) is 19.6 Å². The number of hydrogen-bond acceptors (Lipinski definition) is 2. The fourth-order valence-electron chi connectivity index (χ4n) is 2.19. The van der Waals surface area contributed by atoms with Crippen LogP contribution in [0.2, 0.25) is 10.0 Å². The van der Waals surface area contributed by atoms with E-state index in [1.54, 1.807) is 18.2 Å². The zero-order valence-corrected chi connectivity index (χ0v) is 11.5. The SMILES string of the molecule is NC[C@H]1CCN(C(=O)Cc2ccc(Cl)cc2Cl)C1. The Kier molecular flexibility index (Phi) is 4.49. The molecule has 1 amide bonds. The molecule has 0 spiro atoms. The van der Waals surface area contributed by atoms with Gasteiger partial charge in [-0.1, -0.05) is 29.3 Å². The average Bonchev–Trinajstić information content (AvgIpc) is 2.81. The number of nitrogens with two attached hydrogens (primary N) is 1. The van der Waals surface area contributed by atoms with Gasteiger partial charge in [0.15, 0.2) is 0 Å². The normalized spacial score (nSPS) is 19.3. The number of nitrogens with zero attached hydrogens (tertiary/aromatic N) is 1. The lowest BCUT2D eigenvalue weighted by atomic mass is 10.1. The van der Waals surface area contributed by atoms with Gasteiger partial charge in [-0.05, 0) is 36.6 Å². The molecule has 98 valence electrons. The Balaban J connectivity index is 1.99. The summed E-state index contributed by atoms with van der Waals surface area (Å²) in [5.41, 5.74) is 6.44. The second kappa shape index (κ2) is 5.91. The van der Waals surface area contributed by atoms with Crippen molar-refractivity contribution < 1.29 is 4.79 Å². The smallest absolute Gasteiger partial charge is 0.227 e. The van der Waals surface area contributed by atoms with E-state index in [0.29, 0.717) is 28.9 Å². The molecule has 3 nitrogen and oxygen atoms in total. The largest absolute Gasteiger partial charge is 0.342 e. The van der Waals surface area contributed by atoms with Crippen LogP contribution in [0, 0.1) is 5.92 Å². The van der Waals surface area contributed by atoms with Crippen LogP contribution in [-0.4, -0.2) is 30.4 Å². The summed E-state index contributed by atoms with van der Waals surface area (Å²) in [7, 11) is 0. The number of halogens is 2. The molecule has 0 unspecified atom stereocenters. The minimum absolute atomic E-state index is 0.107. The van der Waals surface area contributed by atoms with Gasteiger partial charge in [0.25, 0.3) is 0 Å². The first-order chi connectivity index (χ1) is 8.60. The van der Waals surface area contributed by atoms with E-state index in [1.807, 2.05) is 4.90 Å². The van der Waals surface area contributed by atoms with Crippen LogP contribution in [0.15, 0.2) is 18.2 Å². The number of carbonyl (C=O) groups excluding carboxylic acids is 1. The highest BCUT2D eigenvalue weighted by Crippen LogP contribution is 2.23. The summed E-state index contributed by atoms with van der Waals surface area (Å²) in [5, 5.41) is 1.13. The summed E-state index contributed by atoms with van der Waals surface area (Å²) < 4.78 is 0. The van der Waals surface area contributed by atoms with Crippen LogP contribution in [0.4, 0.5) is 0 Å². The molecule has 1 aliphatic heterocycles. The van der Waals surface area contributed by atoms with Gasteiger partial charge < -0.3 is 10.6 Å². The second-order valence-corrected chi connectivity index (χ2v) is 5.49. The number of hydrogen-bond donors (Lipinski definition) is 1. The molecule has 1 aromatic carbocycles. The fraction of sp³-hybridized carbons (Fsp3) is 0.462. The predicted molar refractivity (Wildman–Crippen MR) is 73.9 cm³/mol. The molecule has 1 aliphatic rings. The Labute approximate surface area is 117 Å². The molecule has 2 rings (SSSR count). The van der Waals surface area contributed by atoms with Crippen molar-refractivity contribution in [1.82, 2.24) is 4.90 Å². The van der Waals surface area contributed by atoms with Crippen molar-refractivity contribution in [3.63, 3.8) is 0 Å². The molecule has 2 N–H and O–H groups in total. The van der Waals surface area contributed by atoms with Crippen molar-refractivity contribution in [3.05, 3.63) is 33.8 Å².